The number of rotatable bonds is 10. The van der Waals surface area contributed by atoms with E-state index in [1.165, 1.54) is 4.90 Å². The molecule has 188 valence electrons. The van der Waals surface area contributed by atoms with Gasteiger partial charge in [-0.2, -0.15) is 0 Å². The number of hydrogen-bond acceptors (Lipinski definition) is 6. The van der Waals surface area contributed by atoms with E-state index >= 15 is 0 Å². The van der Waals surface area contributed by atoms with Crippen molar-refractivity contribution in [2.75, 3.05) is 19.8 Å². The highest BCUT2D eigenvalue weighted by Gasteiger charge is 2.46. The Morgan fingerprint density at radius 3 is 2.42 bits per heavy atom. The maximum atomic E-state index is 13.2. The van der Waals surface area contributed by atoms with E-state index in [9.17, 15) is 14.7 Å². The summed E-state index contributed by atoms with van der Waals surface area (Å²) in [6.45, 7) is 5.56. The minimum atomic E-state index is -0.793. The van der Waals surface area contributed by atoms with Crippen molar-refractivity contribution in [3.8, 4) is 11.5 Å². The van der Waals surface area contributed by atoms with Gasteiger partial charge in [-0.3, -0.25) is 9.59 Å². The third-order valence-corrected chi connectivity index (χ3v) is 6.17. The first-order valence-electron chi connectivity index (χ1n) is 11.8. The molecular formula is C27H28ClN3O5. The fourth-order valence-corrected chi connectivity index (χ4v) is 4.43. The van der Waals surface area contributed by atoms with Gasteiger partial charge in [0.1, 0.15) is 5.76 Å². The summed E-state index contributed by atoms with van der Waals surface area (Å²) in [6, 6.07) is 11.0. The molecule has 1 N–H and O–H groups in total. The van der Waals surface area contributed by atoms with Gasteiger partial charge in [-0.15, -0.1) is 0 Å². The van der Waals surface area contributed by atoms with Crippen molar-refractivity contribution in [3.63, 3.8) is 0 Å². The number of aliphatic hydroxyl groups is 1. The normalized spacial score (nSPS) is 17.0. The molecule has 4 rings (SSSR count). The second kappa shape index (κ2) is 11.3. The van der Waals surface area contributed by atoms with E-state index in [2.05, 4.69) is 4.98 Å². The summed E-state index contributed by atoms with van der Waals surface area (Å²) in [5, 5.41) is 11.7. The molecule has 1 fully saturated rings. The van der Waals surface area contributed by atoms with Crippen LogP contribution >= 0.6 is 11.6 Å². The number of aromatic nitrogens is 2. The molecule has 0 spiro atoms. The van der Waals surface area contributed by atoms with Crippen molar-refractivity contribution < 1.29 is 24.2 Å². The Labute approximate surface area is 214 Å². The van der Waals surface area contributed by atoms with Crippen LogP contribution in [0.1, 0.15) is 37.4 Å². The molecule has 9 heteroatoms. The van der Waals surface area contributed by atoms with Gasteiger partial charge >= 0.3 is 0 Å². The maximum Gasteiger partial charge on any atom is 0.295 e. The molecule has 1 aliphatic rings. The van der Waals surface area contributed by atoms with Crippen LogP contribution < -0.4 is 9.47 Å². The topological polar surface area (TPSA) is 93.9 Å². The Kier molecular flexibility index (Phi) is 7.95. The summed E-state index contributed by atoms with van der Waals surface area (Å²) >= 11 is 6.00. The summed E-state index contributed by atoms with van der Waals surface area (Å²) in [5.41, 5.74) is 1.06. The third-order valence-electron chi connectivity index (χ3n) is 5.92. The monoisotopic (exact) mass is 509 g/mol. The standard InChI is InChI=1S/C27H28ClN3O5/c1-3-35-21-11-8-19(16-22(21)36-4-2)24-23(25(32)18-6-9-20(28)10-7-18)26(33)27(34)31(24)14-5-13-30-15-12-29-17-30/h6-12,15-17,24,32H,3-5,13-14H2,1-2H3/b25-23-. The lowest BCUT2D eigenvalue weighted by molar-refractivity contribution is -0.139. The number of aryl methyl sites for hydroxylation is 1. The van der Waals surface area contributed by atoms with Crippen LogP contribution in [0, 0.1) is 0 Å². The van der Waals surface area contributed by atoms with E-state index in [0.29, 0.717) is 60.4 Å². The number of Topliss-reactive ketones (excluding diaryl/α,β-unsaturated/α-hetero) is 1. The molecule has 8 nitrogen and oxygen atoms in total. The number of carbonyl (C=O) groups excluding carboxylic acids is 2. The van der Waals surface area contributed by atoms with Crippen molar-refractivity contribution in [2.45, 2.75) is 32.9 Å². The summed E-state index contributed by atoms with van der Waals surface area (Å²) in [6.07, 6.45) is 5.82. The number of ether oxygens (including phenoxy) is 2. The second-order valence-corrected chi connectivity index (χ2v) is 8.66. The van der Waals surface area contributed by atoms with Crippen LogP contribution in [-0.2, 0) is 16.1 Å². The van der Waals surface area contributed by atoms with E-state index < -0.39 is 17.7 Å². The zero-order valence-electron chi connectivity index (χ0n) is 20.2. The van der Waals surface area contributed by atoms with Gasteiger partial charge in [-0.05, 0) is 62.2 Å². The van der Waals surface area contributed by atoms with Crippen molar-refractivity contribution in [2.24, 2.45) is 0 Å². The number of hydrogen-bond donors (Lipinski definition) is 1. The van der Waals surface area contributed by atoms with E-state index in [1.54, 1.807) is 55.0 Å². The Bertz CT molecular complexity index is 1250. The van der Waals surface area contributed by atoms with Crippen LogP contribution in [0.2, 0.25) is 5.02 Å². The quantitative estimate of drug-likeness (QED) is 0.238. The van der Waals surface area contributed by atoms with E-state index in [4.69, 9.17) is 21.1 Å². The number of carbonyl (C=O) groups is 2. The summed E-state index contributed by atoms with van der Waals surface area (Å²) in [7, 11) is 0. The lowest BCUT2D eigenvalue weighted by Crippen LogP contribution is -2.31. The minimum absolute atomic E-state index is 0.0246. The first kappa shape index (κ1) is 25.3. The van der Waals surface area contributed by atoms with Gasteiger partial charge in [-0.25, -0.2) is 4.98 Å². The molecule has 0 saturated carbocycles. The molecular weight excluding hydrogens is 482 g/mol. The highest BCUT2D eigenvalue weighted by atomic mass is 35.5. The number of imidazole rings is 1. The number of likely N-dealkylation sites (tertiary alicyclic amines) is 1. The number of aliphatic hydroxyl groups excluding tert-OH is 1. The molecule has 36 heavy (non-hydrogen) atoms. The van der Waals surface area contributed by atoms with Gasteiger partial charge in [0.15, 0.2) is 11.5 Å². The fraction of sp³-hybridized carbons (Fsp3) is 0.296. The molecule has 0 bridgehead atoms. The van der Waals surface area contributed by atoms with Gasteiger partial charge in [-0.1, -0.05) is 17.7 Å². The molecule has 3 aromatic rings. The molecule has 1 atom stereocenters. The van der Waals surface area contributed by atoms with E-state index in [0.717, 1.165) is 0 Å². The Morgan fingerprint density at radius 2 is 1.75 bits per heavy atom. The Morgan fingerprint density at radius 1 is 1.03 bits per heavy atom. The molecule has 0 aliphatic carbocycles. The Balaban J connectivity index is 1.77. The van der Waals surface area contributed by atoms with Gasteiger partial charge < -0.3 is 24.0 Å². The van der Waals surface area contributed by atoms with Gasteiger partial charge in [0.05, 0.1) is 31.2 Å². The number of amides is 1. The fourth-order valence-electron chi connectivity index (χ4n) is 4.30. The van der Waals surface area contributed by atoms with E-state index in [1.807, 2.05) is 24.6 Å². The van der Waals surface area contributed by atoms with Crippen LogP contribution in [0.25, 0.3) is 5.76 Å². The molecule has 1 aliphatic heterocycles. The van der Waals surface area contributed by atoms with Gasteiger partial charge in [0.25, 0.3) is 11.7 Å². The van der Waals surface area contributed by atoms with Gasteiger partial charge in [0, 0.05) is 36.1 Å². The first-order chi connectivity index (χ1) is 17.4. The summed E-state index contributed by atoms with van der Waals surface area (Å²) in [5.74, 6) is -0.570. The van der Waals surface area contributed by atoms with Crippen molar-refractivity contribution in [1.29, 1.82) is 0 Å². The first-order valence-corrected chi connectivity index (χ1v) is 12.2. The molecule has 1 amide bonds. The lowest BCUT2D eigenvalue weighted by Gasteiger charge is -2.26. The number of benzene rings is 2. The van der Waals surface area contributed by atoms with Crippen molar-refractivity contribution in [3.05, 3.63) is 82.9 Å². The average molecular weight is 510 g/mol. The lowest BCUT2D eigenvalue weighted by atomic mass is 9.95. The smallest absolute Gasteiger partial charge is 0.295 e. The molecule has 1 saturated heterocycles. The largest absolute Gasteiger partial charge is 0.507 e. The van der Waals surface area contributed by atoms with Crippen LogP contribution in [0.3, 0.4) is 0 Å². The van der Waals surface area contributed by atoms with Gasteiger partial charge in [0.2, 0.25) is 0 Å². The highest BCUT2D eigenvalue weighted by molar-refractivity contribution is 6.46. The van der Waals surface area contributed by atoms with Crippen molar-refractivity contribution in [1.82, 2.24) is 14.5 Å². The summed E-state index contributed by atoms with van der Waals surface area (Å²) in [4.78, 5) is 32.0. The molecule has 2 heterocycles. The predicted octanol–water partition coefficient (Wildman–Crippen LogP) is 4.85. The van der Waals surface area contributed by atoms with Crippen LogP contribution in [0.4, 0.5) is 0 Å². The molecule has 0 radical (unpaired) electrons. The number of ketones is 1. The van der Waals surface area contributed by atoms with Crippen LogP contribution in [0.15, 0.2) is 66.8 Å². The molecule has 1 unspecified atom stereocenters. The van der Waals surface area contributed by atoms with E-state index in [-0.39, 0.29) is 11.3 Å². The zero-order chi connectivity index (χ0) is 25.7. The van der Waals surface area contributed by atoms with Crippen LogP contribution in [0.5, 0.6) is 11.5 Å². The number of halogens is 1. The zero-order valence-corrected chi connectivity index (χ0v) is 20.9. The summed E-state index contributed by atoms with van der Waals surface area (Å²) < 4.78 is 13.4. The molecule has 1 aromatic heterocycles. The third kappa shape index (κ3) is 5.23. The second-order valence-electron chi connectivity index (χ2n) is 8.23. The average Bonchev–Trinajstić information content (AvgIpc) is 3.48. The SMILES string of the molecule is CCOc1ccc(C2/C(=C(/O)c3ccc(Cl)cc3)C(=O)C(=O)N2CCCn2ccnc2)cc1OCC. The van der Waals surface area contributed by atoms with Crippen molar-refractivity contribution >= 4 is 29.1 Å². The maximum absolute atomic E-state index is 13.2. The highest BCUT2D eigenvalue weighted by Crippen LogP contribution is 2.42. The predicted molar refractivity (Wildman–Crippen MR) is 136 cm³/mol. The van der Waals surface area contributed by atoms with Crippen LogP contribution in [-0.4, -0.2) is 51.0 Å². The minimum Gasteiger partial charge on any atom is -0.507 e. The Hall–Kier alpha value is -3.78. The molecule has 2 aromatic carbocycles. The number of nitrogens with zero attached hydrogens (tertiary/aromatic N) is 3.